The lowest BCUT2D eigenvalue weighted by atomic mass is 10.1. The summed E-state index contributed by atoms with van der Waals surface area (Å²) in [6, 6.07) is 20.4. The topological polar surface area (TPSA) is 58.5 Å². The van der Waals surface area contributed by atoms with Crippen molar-refractivity contribution in [2.24, 2.45) is 4.99 Å². The second-order valence-corrected chi connectivity index (χ2v) is 6.96. The molecule has 0 amide bonds. The summed E-state index contributed by atoms with van der Waals surface area (Å²) in [4.78, 5) is 8.57. The maximum atomic E-state index is 5.78. The molecule has 1 aromatic heterocycles. The molecule has 2 N–H and O–H groups in total. The molecule has 3 aromatic rings. The Balaban J connectivity index is 1.46. The zero-order chi connectivity index (χ0) is 20.5. The molecule has 3 rings (SSSR count). The highest BCUT2D eigenvalue weighted by Crippen LogP contribution is 2.14. The number of guanidine groups is 1. The molecule has 2 aromatic carbocycles. The summed E-state index contributed by atoms with van der Waals surface area (Å²) >= 11 is 0. The molecule has 29 heavy (non-hydrogen) atoms. The number of ether oxygens (including phenoxy) is 1. The van der Waals surface area contributed by atoms with Crippen LogP contribution in [0.5, 0.6) is 5.75 Å². The number of aromatic nitrogens is 1. The van der Waals surface area contributed by atoms with Crippen LogP contribution in [-0.2, 0) is 19.7 Å². The molecule has 0 saturated carbocycles. The Kier molecular flexibility index (Phi) is 7.22. The maximum Gasteiger partial charge on any atom is 0.191 e. The van der Waals surface area contributed by atoms with Crippen LogP contribution in [0.4, 0.5) is 0 Å². The molecule has 5 nitrogen and oxygen atoms in total. The van der Waals surface area contributed by atoms with E-state index in [1.54, 1.807) is 13.2 Å². The van der Waals surface area contributed by atoms with E-state index in [0.717, 1.165) is 29.5 Å². The van der Waals surface area contributed by atoms with E-state index < -0.39 is 0 Å². The Labute approximate surface area is 172 Å². The average molecular weight is 389 g/mol. The van der Waals surface area contributed by atoms with Gasteiger partial charge in [0, 0.05) is 26.3 Å². The standard InChI is InChI=1S/C24H28N4O/c1-18-7-10-21(19(2)14-18)16-28-24(25-3)27-15-20-8-11-23(12-9-20)29-17-22-6-4-5-13-26-22/h4-14H,15-17H2,1-3H3,(H2,25,27,28). The van der Waals surface area contributed by atoms with Crippen LogP contribution in [-0.4, -0.2) is 18.0 Å². The highest BCUT2D eigenvalue weighted by molar-refractivity contribution is 5.79. The van der Waals surface area contributed by atoms with Gasteiger partial charge in [0.2, 0.25) is 0 Å². The number of benzene rings is 2. The van der Waals surface area contributed by atoms with Crippen molar-refractivity contribution in [3.8, 4) is 5.75 Å². The van der Waals surface area contributed by atoms with Gasteiger partial charge in [0.1, 0.15) is 12.4 Å². The number of aryl methyl sites for hydroxylation is 2. The number of hydrogen-bond donors (Lipinski definition) is 2. The minimum atomic E-state index is 0.466. The molecule has 0 radical (unpaired) electrons. The van der Waals surface area contributed by atoms with Crippen LogP contribution >= 0.6 is 0 Å². The molecule has 0 unspecified atom stereocenters. The fraction of sp³-hybridized carbons (Fsp3) is 0.250. The summed E-state index contributed by atoms with van der Waals surface area (Å²) in [7, 11) is 1.78. The maximum absolute atomic E-state index is 5.78. The van der Waals surface area contributed by atoms with E-state index >= 15 is 0 Å². The lowest BCUT2D eigenvalue weighted by Crippen LogP contribution is -2.36. The minimum absolute atomic E-state index is 0.466. The highest BCUT2D eigenvalue weighted by Gasteiger charge is 2.03. The summed E-state index contributed by atoms with van der Waals surface area (Å²) in [5, 5.41) is 6.73. The molecule has 0 bridgehead atoms. The second-order valence-electron chi connectivity index (χ2n) is 6.96. The Hall–Kier alpha value is -3.34. The first-order chi connectivity index (χ1) is 14.1. The van der Waals surface area contributed by atoms with Gasteiger partial charge in [0.25, 0.3) is 0 Å². The average Bonchev–Trinajstić information content (AvgIpc) is 2.75. The molecule has 5 heteroatoms. The van der Waals surface area contributed by atoms with Crippen molar-refractivity contribution in [2.45, 2.75) is 33.5 Å². The molecule has 0 aliphatic heterocycles. The van der Waals surface area contributed by atoms with Crippen molar-refractivity contribution in [1.82, 2.24) is 15.6 Å². The van der Waals surface area contributed by atoms with Gasteiger partial charge >= 0.3 is 0 Å². The van der Waals surface area contributed by atoms with Gasteiger partial charge in [-0.1, -0.05) is 42.0 Å². The predicted molar refractivity (Wildman–Crippen MR) is 118 cm³/mol. The van der Waals surface area contributed by atoms with Gasteiger partial charge in [-0.3, -0.25) is 9.98 Å². The number of hydrogen-bond acceptors (Lipinski definition) is 3. The molecular weight excluding hydrogens is 360 g/mol. The molecule has 150 valence electrons. The highest BCUT2D eigenvalue weighted by atomic mass is 16.5. The van der Waals surface area contributed by atoms with Gasteiger partial charge in [-0.15, -0.1) is 0 Å². The number of rotatable bonds is 7. The first-order valence-electron chi connectivity index (χ1n) is 9.76. The molecule has 0 spiro atoms. The molecule has 0 atom stereocenters. The number of aliphatic imine (C=N–C) groups is 1. The van der Waals surface area contributed by atoms with Crippen molar-refractivity contribution in [1.29, 1.82) is 0 Å². The van der Waals surface area contributed by atoms with Crippen LogP contribution in [0.25, 0.3) is 0 Å². The van der Waals surface area contributed by atoms with E-state index in [1.807, 2.05) is 30.3 Å². The van der Waals surface area contributed by atoms with Crippen LogP contribution in [0.15, 0.2) is 71.9 Å². The van der Waals surface area contributed by atoms with E-state index in [0.29, 0.717) is 13.2 Å². The summed E-state index contributed by atoms with van der Waals surface area (Å²) in [5.41, 5.74) is 5.91. The summed E-state index contributed by atoms with van der Waals surface area (Å²) < 4.78 is 5.78. The van der Waals surface area contributed by atoms with Crippen molar-refractivity contribution >= 4 is 5.96 Å². The third-order valence-electron chi connectivity index (χ3n) is 4.66. The quantitative estimate of drug-likeness (QED) is 0.472. The largest absolute Gasteiger partial charge is 0.487 e. The van der Waals surface area contributed by atoms with Crippen molar-refractivity contribution in [2.75, 3.05) is 7.05 Å². The SMILES string of the molecule is CN=C(NCc1ccc(OCc2ccccn2)cc1)NCc1ccc(C)cc1C. The van der Waals surface area contributed by atoms with Gasteiger partial charge in [-0.05, 0) is 54.8 Å². The van der Waals surface area contributed by atoms with Crippen LogP contribution in [0, 0.1) is 13.8 Å². The van der Waals surface area contributed by atoms with Crippen molar-refractivity contribution in [3.63, 3.8) is 0 Å². The summed E-state index contributed by atoms with van der Waals surface area (Å²) in [6.45, 7) is 6.14. The smallest absolute Gasteiger partial charge is 0.191 e. The van der Waals surface area contributed by atoms with Crippen LogP contribution in [0.2, 0.25) is 0 Å². The number of nitrogens with one attached hydrogen (secondary N) is 2. The predicted octanol–water partition coefficient (Wildman–Crippen LogP) is 4.14. The zero-order valence-electron chi connectivity index (χ0n) is 17.3. The first kappa shape index (κ1) is 20.4. The fourth-order valence-corrected chi connectivity index (χ4v) is 2.97. The fourth-order valence-electron chi connectivity index (χ4n) is 2.97. The summed E-state index contributed by atoms with van der Waals surface area (Å²) in [5.74, 6) is 1.61. The Bertz CT molecular complexity index is 937. The van der Waals surface area contributed by atoms with E-state index in [9.17, 15) is 0 Å². The van der Waals surface area contributed by atoms with Crippen molar-refractivity contribution < 1.29 is 4.74 Å². The molecule has 1 heterocycles. The molecule has 0 saturated heterocycles. The Morgan fingerprint density at radius 2 is 1.76 bits per heavy atom. The van der Waals surface area contributed by atoms with Crippen molar-refractivity contribution in [3.05, 3.63) is 94.8 Å². The minimum Gasteiger partial charge on any atom is -0.487 e. The summed E-state index contributed by atoms with van der Waals surface area (Å²) in [6.07, 6.45) is 1.77. The van der Waals surface area contributed by atoms with Gasteiger partial charge in [-0.2, -0.15) is 0 Å². The van der Waals surface area contributed by atoms with E-state index in [4.69, 9.17) is 4.74 Å². The van der Waals surface area contributed by atoms with Gasteiger partial charge < -0.3 is 15.4 Å². The van der Waals surface area contributed by atoms with E-state index in [2.05, 4.69) is 64.8 Å². The third-order valence-corrected chi connectivity index (χ3v) is 4.66. The van der Waals surface area contributed by atoms with E-state index in [-0.39, 0.29) is 0 Å². The molecule has 0 aliphatic rings. The number of nitrogens with zero attached hydrogens (tertiary/aromatic N) is 2. The molecule has 0 fully saturated rings. The molecular formula is C24H28N4O. The second kappa shape index (κ2) is 10.3. The normalized spacial score (nSPS) is 11.2. The van der Waals surface area contributed by atoms with Crippen LogP contribution < -0.4 is 15.4 Å². The lowest BCUT2D eigenvalue weighted by Gasteiger charge is -2.14. The first-order valence-corrected chi connectivity index (χ1v) is 9.76. The monoisotopic (exact) mass is 388 g/mol. The van der Waals surface area contributed by atoms with Gasteiger partial charge in [0.05, 0.1) is 5.69 Å². The molecule has 0 aliphatic carbocycles. The van der Waals surface area contributed by atoms with E-state index in [1.165, 1.54) is 16.7 Å². The van der Waals surface area contributed by atoms with Crippen LogP contribution in [0.3, 0.4) is 0 Å². The third kappa shape index (κ3) is 6.35. The van der Waals surface area contributed by atoms with Gasteiger partial charge in [-0.25, -0.2) is 0 Å². The number of pyridine rings is 1. The zero-order valence-corrected chi connectivity index (χ0v) is 17.3. The Morgan fingerprint density at radius 3 is 2.45 bits per heavy atom. The Morgan fingerprint density at radius 1 is 0.966 bits per heavy atom. The van der Waals surface area contributed by atoms with Crippen LogP contribution in [0.1, 0.15) is 27.9 Å². The lowest BCUT2D eigenvalue weighted by molar-refractivity contribution is 0.301. The van der Waals surface area contributed by atoms with Gasteiger partial charge in [0.15, 0.2) is 5.96 Å².